The smallest absolute Gasteiger partial charge is 0.362 e. The summed E-state index contributed by atoms with van der Waals surface area (Å²) in [6.07, 6.45) is 12.9. The molecule has 0 bridgehead atoms. The monoisotopic (exact) mass is 441 g/mol. The highest BCUT2D eigenvalue weighted by atomic mass is 16.4. The number of carboxylic acid groups (broad SMARTS) is 3. The van der Waals surface area contributed by atoms with Gasteiger partial charge in [0.05, 0.1) is 12.5 Å². The predicted molar refractivity (Wildman–Crippen MR) is 119 cm³/mol. The highest BCUT2D eigenvalue weighted by Crippen LogP contribution is 2.31. The number of carbonyl (C=O) groups excluding carboxylic acids is 1. The Labute approximate surface area is 187 Å². The van der Waals surface area contributed by atoms with Crippen LogP contribution in [0, 0.1) is 0 Å². The van der Waals surface area contributed by atoms with Crippen molar-refractivity contribution < 1.29 is 34.2 Å². The van der Waals surface area contributed by atoms with E-state index in [1.165, 1.54) is 32.1 Å². The summed E-state index contributed by atoms with van der Waals surface area (Å²) in [6.45, 7) is 7.29. The summed E-state index contributed by atoms with van der Waals surface area (Å²) in [7, 11) is 0. The van der Waals surface area contributed by atoms with Crippen LogP contribution in [0.5, 0.6) is 0 Å². The van der Waals surface area contributed by atoms with Crippen LogP contribution in [0.15, 0.2) is 12.2 Å². The van der Waals surface area contributed by atoms with Gasteiger partial charge in [-0.2, -0.15) is 0 Å². The minimum atomic E-state index is -1.39. The second-order valence-corrected chi connectivity index (χ2v) is 8.30. The van der Waals surface area contributed by atoms with Gasteiger partial charge in [0.1, 0.15) is 6.04 Å². The van der Waals surface area contributed by atoms with E-state index in [9.17, 15) is 29.7 Å². The van der Waals surface area contributed by atoms with Gasteiger partial charge in [-0.05, 0) is 12.8 Å². The van der Waals surface area contributed by atoms with E-state index in [4.69, 9.17) is 0 Å². The molecule has 0 saturated carbocycles. The first-order chi connectivity index (χ1) is 14.7. The minimum Gasteiger partial charge on any atom is -0.544 e. The molecule has 0 aromatic heterocycles. The zero-order chi connectivity index (χ0) is 23.9. The number of carbonyl (C=O) groups is 3. The van der Waals surface area contributed by atoms with Crippen LogP contribution in [-0.2, 0) is 14.4 Å². The summed E-state index contributed by atoms with van der Waals surface area (Å²) in [5.74, 6) is -3.73. The fraction of sp³-hybridized carbons (Fsp3) is 0.792. The Morgan fingerprint density at radius 3 is 1.61 bits per heavy atom. The first-order valence-corrected chi connectivity index (χ1v) is 11.9. The Morgan fingerprint density at radius 1 is 0.742 bits per heavy atom. The Kier molecular flexibility index (Phi) is 14.9. The molecule has 0 fully saturated rings. The third-order valence-electron chi connectivity index (χ3n) is 6.32. The van der Waals surface area contributed by atoms with Gasteiger partial charge in [-0.1, -0.05) is 72.0 Å². The summed E-state index contributed by atoms with van der Waals surface area (Å²) in [4.78, 5) is 36.2. The molecule has 2 N–H and O–H groups in total. The van der Waals surface area contributed by atoms with Crippen molar-refractivity contribution in [3.8, 4) is 0 Å². The second-order valence-electron chi connectivity index (χ2n) is 8.30. The second kappa shape index (κ2) is 15.8. The van der Waals surface area contributed by atoms with Gasteiger partial charge in [0.2, 0.25) is 0 Å². The standard InChI is InChI=1S/C24H43NO6/c1-5-9-10-11-12-13-14-15-16-17-18-25(19(6-2)22(26)27,20(7-3)23(28)29)21(8-4)24(30)31/h15-16,19-21H,5-14,17-18H2,1-4H3,(H2-,26,27,28,29,30,31)/b16-15+. The number of rotatable bonds is 19. The number of allylic oxidation sites excluding steroid dienone is 1. The lowest BCUT2D eigenvalue weighted by Gasteiger charge is -2.51. The van der Waals surface area contributed by atoms with Crippen LogP contribution in [0.4, 0.5) is 0 Å². The van der Waals surface area contributed by atoms with E-state index < -0.39 is 40.5 Å². The maximum atomic E-state index is 12.1. The zero-order valence-corrected chi connectivity index (χ0v) is 19.8. The van der Waals surface area contributed by atoms with Crippen molar-refractivity contribution in [2.45, 2.75) is 116 Å². The molecule has 0 rings (SSSR count). The van der Waals surface area contributed by atoms with E-state index in [2.05, 4.69) is 6.92 Å². The van der Waals surface area contributed by atoms with Crippen molar-refractivity contribution in [3.63, 3.8) is 0 Å². The summed E-state index contributed by atoms with van der Waals surface area (Å²) in [5, 5.41) is 31.8. The molecule has 7 heteroatoms. The van der Waals surface area contributed by atoms with Crippen molar-refractivity contribution >= 4 is 17.9 Å². The average molecular weight is 442 g/mol. The zero-order valence-electron chi connectivity index (χ0n) is 19.8. The Bertz CT molecular complexity index is 519. The van der Waals surface area contributed by atoms with Crippen LogP contribution >= 0.6 is 0 Å². The molecule has 31 heavy (non-hydrogen) atoms. The summed E-state index contributed by atoms with van der Waals surface area (Å²) in [6, 6.07) is -3.46. The van der Waals surface area contributed by atoms with Crippen LogP contribution in [0.2, 0.25) is 0 Å². The third-order valence-corrected chi connectivity index (χ3v) is 6.32. The van der Waals surface area contributed by atoms with Gasteiger partial charge >= 0.3 is 11.9 Å². The maximum absolute atomic E-state index is 12.1. The molecule has 0 radical (unpaired) electrons. The molecule has 0 aromatic rings. The molecule has 0 aliphatic rings. The number of nitrogens with zero attached hydrogens (tertiary/aromatic N) is 1. The number of unbranched alkanes of at least 4 members (excludes halogenated alkanes) is 6. The van der Waals surface area contributed by atoms with E-state index in [1.54, 1.807) is 20.8 Å². The number of aliphatic carboxylic acids is 3. The lowest BCUT2D eigenvalue weighted by Crippen LogP contribution is -2.73. The van der Waals surface area contributed by atoms with Crippen molar-refractivity contribution in [1.29, 1.82) is 0 Å². The van der Waals surface area contributed by atoms with Crippen LogP contribution in [-0.4, -0.2) is 57.3 Å². The van der Waals surface area contributed by atoms with Crippen molar-refractivity contribution in [1.82, 2.24) is 0 Å². The van der Waals surface area contributed by atoms with E-state index >= 15 is 0 Å². The van der Waals surface area contributed by atoms with Crippen molar-refractivity contribution in [2.75, 3.05) is 6.54 Å². The fourth-order valence-corrected chi connectivity index (χ4v) is 4.84. The average Bonchev–Trinajstić information content (AvgIpc) is 2.69. The molecule has 0 aromatic carbocycles. The fourth-order valence-electron chi connectivity index (χ4n) is 4.84. The normalized spacial score (nSPS) is 16.5. The third kappa shape index (κ3) is 8.63. The van der Waals surface area contributed by atoms with Gasteiger partial charge in [-0.15, -0.1) is 0 Å². The molecular weight excluding hydrogens is 398 g/mol. The van der Waals surface area contributed by atoms with Crippen LogP contribution in [0.3, 0.4) is 0 Å². The number of hydrogen-bond acceptors (Lipinski definition) is 4. The molecule has 180 valence electrons. The molecular formula is C24H43NO6. The lowest BCUT2D eigenvalue weighted by molar-refractivity contribution is -0.974. The topological polar surface area (TPSA) is 115 Å². The van der Waals surface area contributed by atoms with Crippen molar-refractivity contribution in [3.05, 3.63) is 12.2 Å². The van der Waals surface area contributed by atoms with Gasteiger partial charge in [-0.3, -0.25) is 4.48 Å². The summed E-state index contributed by atoms with van der Waals surface area (Å²) < 4.78 is -0.516. The Morgan fingerprint density at radius 2 is 1.19 bits per heavy atom. The van der Waals surface area contributed by atoms with E-state index in [1.807, 2.05) is 12.2 Å². The van der Waals surface area contributed by atoms with Gasteiger partial charge in [0, 0.05) is 25.7 Å². The predicted octanol–water partition coefficient (Wildman–Crippen LogP) is 3.76. The molecule has 3 unspecified atom stereocenters. The first-order valence-electron chi connectivity index (χ1n) is 11.9. The van der Waals surface area contributed by atoms with Crippen LogP contribution in [0.1, 0.15) is 98.3 Å². The molecule has 0 saturated heterocycles. The summed E-state index contributed by atoms with van der Waals surface area (Å²) >= 11 is 0. The molecule has 3 atom stereocenters. The maximum Gasteiger partial charge on any atom is 0.362 e. The van der Waals surface area contributed by atoms with Gasteiger partial charge < -0.3 is 20.1 Å². The Balaban J connectivity index is 5.60. The van der Waals surface area contributed by atoms with E-state index in [0.717, 1.165) is 12.8 Å². The van der Waals surface area contributed by atoms with Gasteiger partial charge in [0.15, 0.2) is 12.1 Å². The number of quaternary nitrogens is 1. The van der Waals surface area contributed by atoms with Gasteiger partial charge in [0.25, 0.3) is 0 Å². The minimum absolute atomic E-state index is 0.108. The van der Waals surface area contributed by atoms with Gasteiger partial charge in [-0.25, -0.2) is 9.59 Å². The van der Waals surface area contributed by atoms with E-state index in [-0.39, 0.29) is 25.8 Å². The SMILES string of the molecule is CCCCCCCC/C=C/CC[N+](C(CC)C(=O)[O-])(C(CC)C(=O)O)C(CC)C(=O)O. The van der Waals surface area contributed by atoms with E-state index in [0.29, 0.717) is 6.42 Å². The first kappa shape index (κ1) is 29.1. The molecule has 7 nitrogen and oxygen atoms in total. The number of hydrogen-bond donors (Lipinski definition) is 2. The molecule has 0 spiro atoms. The van der Waals surface area contributed by atoms with Crippen molar-refractivity contribution in [2.24, 2.45) is 0 Å². The molecule has 0 aliphatic carbocycles. The molecule has 0 aliphatic heterocycles. The molecule has 0 amide bonds. The molecule has 0 heterocycles. The highest BCUT2D eigenvalue weighted by Gasteiger charge is 2.53. The van der Waals surface area contributed by atoms with Crippen LogP contribution < -0.4 is 5.11 Å². The quantitative estimate of drug-likeness (QED) is 0.179. The lowest BCUT2D eigenvalue weighted by atomic mass is 9.94. The summed E-state index contributed by atoms with van der Waals surface area (Å²) in [5.41, 5.74) is 0. The van der Waals surface area contributed by atoms with Crippen LogP contribution in [0.25, 0.3) is 0 Å². The highest BCUT2D eigenvalue weighted by molar-refractivity contribution is 5.77. The number of carboxylic acids is 3. The largest absolute Gasteiger partial charge is 0.544 e. The Hall–Kier alpha value is -1.89.